The molecule has 0 bridgehead atoms. The predicted molar refractivity (Wildman–Crippen MR) is 133 cm³/mol. The van der Waals surface area contributed by atoms with Gasteiger partial charge in [-0.2, -0.15) is 13.2 Å². The molecule has 3 aromatic rings. The molecule has 2 atom stereocenters. The van der Waals surface area contributed by atoms with E-state index < -0.39 is 53.5 Å². The molecule has 0 saturated carbocycles. The lowest BCUT2D eigenvalue weighted by Gasteiger charge is -2.36. The highest BCUT2D eigenvalue weighted by molar-refractivity contribution is 5.97. The molecule has 2 aromatic carbocycles. The standard InChI is InChI=1S/C26H30F3N5O3/c1-25(2,3)22(32-13-16-12-31-19-10-5-4-9-18(16)19)21(23(30)36)34-20(35)14-33-24(37)15-7-6-8-17(11-15)26(27,28)29/h4-12,21-22,31-32H,13-14H2,1-3H3,(H2,30,36)(H,33,37)(H,34,35). The molecule has 0 fully saturated rings. The fourth-order valence-corrected chi connectivity index (χ4v) is 4.06. The van der Waals surface area contributed by atoms with Crippen molar-refractivity contribution in [2.45, 2.75) is 45.6 Å². The van der Waals surface area contributed by atoms with Gasteiger partial charge in [-0.3, -0.25) is 14.4 Å². The monoisotopic (exact) mass is 517 g/mol. The highest BCUT2D eigenvalue weighted by Gasteiger charge is 2.36. The Morgan fingerprint density at radius 2 is 1.73 bits per heavy atom. The summed E-state index contributed by atoms with van der Waals surface area (Å²) in [6, 6.07) is 9.90. The number of aromatic amines is 1. The van der Waals surface area contributed by atoms with Crippen LogP contribution in [-0.4, -0.2) is 41.3 Å². The topological polar surface area (TPSA) is 129 Å². The first-order valence-corrected chi connectivity index (χ1v) is 11.6. The fourth-order valence-electron chi connectivity index (χ4n) is 4.06. The van der Waals surface area contributed by atoms with Crippen molar-refractivity contribution < 1.29 is 27.6 Å². The lowest BCUT2D eigenvalue weighted by molar-refractivity contribution is -0.137. The van der Waals surface area contributed by atoms with E-state index >= 15 is 0 Å². The molecule has 0 aliphatic carbocycles. The van der Waals surface area contributed by atoms with Gasteiger partial charge in [0.1, 0.15) is 6.04 Å². The molecule has 1 aromatic heterocycles. The van der Waals surface area contributed by atoms with Crippen molar-refractivity contribution in [3.05, 3.63) is 71.4 Å². The fraction of sp³-hybridized carbons (Fsp3) is 0.346. The summed E-state index contributed by atoms with van der Waals surface area (Å²) in [6.45, 7) is 5.49. The average Bonchev–Trinajstić information content (AvgIpc) is 3.23. The van der Waals surface area contributed by atoms with Gasteiger partial charge in [0.25, 0.3) is 5.91 Å². The second-order valence-corrected chi connectivity index (χ2v) is 9.79. The van der Waals surface area contributed by atoms with Crippen molar-refractivity contribution in [2.75, 3.05) is 6.54 Å². The van der Waals surface area contributed by atoms with Crippen LogP contribution in [0.3, 0.4) is 0 Å². The zero-order valence-electron chi connectivity index (χ0n) is 20.7. The number of nitrogens with two attached hydrogens (primary N) is 1. The van der Waals surface area contributed by atoms with Crippen LogP contribution in [0.2, 0.25) is 0 Å². The van der Waals surface area contributed by atoms with Crippen molar-refractivity contribution in [1.29, 1.82) is 0 Å². The Bertz CT molecular complexity index is 1280. The first kappa shape index (κ1) is 27.7. The molecule has 1 heterocycles. The molecule has 3 amide bonds. The van der Waals surface area contributed by atoms with E-state index in [0.717, 1.165) is 28.6 Å². The third-order valence-electron chi connectivity index (χ3n) is 5.94. The van der Waals surface area contributed by atoms with Crippen molar-refractivity contribution >= 4 is 28.6 Å². The van der Waals surface area contributed by atoms with Gasteiger partial charge in [0.2, 0.25) is 11.8 Å². The van der Waals surface area contributed by atoms with E-state index in [1.807, 2.05) is 51.2 Å². The Balaban J connectivity index is 1.67. The van der Waals surface area contributed by atoms with Gasteiger partial charge in [-0.05, 0) is 35.2 Å². The number of carbonyl (C=O) groups is 3. The number of primary amides is 1. The van der Waals surface area contributed by atoms with Gasteiger partial charge in [0.05, 0.1) is 12.1 Å². The molecule has 11 heteroatoms. The Hall–Kier alpha value is -3.86. The minimum Gasteiger partial charge on any atom is -0.368 e. The average molecular weight is 518 g/mol. The predicted octanol–water partition coefficient (Wildman–Crippen LogP) is 3.09. The van der Waals surface area contributed by atoms with Crippen molar-refractivity contribution in [3.63, 3.8) is 0 Å². The Morgan fingerprint density at radius 3 is 2.38 bits per heavy atom. The number of hydrogen-bond acceptors (Lipinski definition) is 4. The summed E-state index contributed by atoms with van der Waals surface area (Å²) in [5, 5.41) is 9.17. The number of fused-ring (bicyclic) bond motifs is 1. The molecule has 0 saturated heterocycles. The first-order valence-electron chi connectivity index (χ1n) is 11.6. The Labute approximate surface area is 212 Å². The molecule has 0 aliphatic heterocycles. The molecule has 3 rings (SSSR count). The molecule has 37 heavy (non-hydrogen) atoms. The number of halogens is 3. The van der Waals surface area contributed by atoms with Crippen LogP contribution in [0.15, 0.2) is 54.7 Å². The number of para-hydroxylation sites is 1. The second-order valence-electron chi connectivity index (χ2n) is 9.79. The maximum atomic E-state index is 12.9. The van der Waals surface area contributed by atoms with Crippen LogP contribution < -0.4 is 21.7 Å². The third kappa shape index (κ3) is 7.10. The van der Waals surface area contributed by atoms with Gasteiger partial charge in [-0.1, -0.05) is 45.0 Å². The quantitative estimate of drug-likeness (QED) is 0.299. The molecule has 0 spiro atoms. The van der Waals surface area contributed by atoms with Crippen molar-refractivity contribution in [2.24, 2.45) is 11.1 Å². The zero-order valence-corrected chi connectivity index (χ0v) is 20.7. The number of alkyl halides is 3. The molecule has 2 unspecified atom stereocenters. The molecule has 0 aliphatic rings. The lowest BCUT2D eigenvalue weighted by atomic mass is 9.81. The largest absolute Gasteiger partial charge is 0.416 e. The van der Waals surface area contributed by atoms with Crippen LogP contribution in [0.5, 0.6) is 0 Å². The smallest absolute Gasteiger partial charge is 0.368 e. The van der Waals surface area contributed by atoms with Crippen molar-refractivity contribution in [1.82, 2.24) is 20.9 Å². The number of nitrogens with one attached hydrogen (secondary N) is 4. The van der Waals surface area contributed by atoms with Gasteiger partial charge in [0.15, 0.2) is 0 Å². The van der Waals surface area contributed by atoms with E-state index in [2.05, 4.69) is 20.9 Å². The summed E-state index contributed by atoms with van der Waals surface area (Å²) >= 11 is 0. The maximum Gasteiger partial charge on any atom is 0.416 e. The molecule has 0 radical (unpaired) electrons. The second kappa shape index (κ2) is 11.0. The lowest BCUT2D eigenvalue weighted by Crippen LogP contribution is -2.61. The normalized spacial score (nSPS) is 13.7. The summed E-state index contributed by atoms with van der Waals surface area (Å²) in [6.07, 6.45) is -2.75. The number of rotatable bonds is 9. The molecule has 8 nitrogen and oxygen atoms in total. The highest BCUT2D eigenvalue weighted by Crippen LogP contribution is 2.29. The van der Waals surface area contributed by atoms with Crippen LogP contribution in [-0.2, 0) is 22.3 Å². The number of carbonyl (C=O) groups excluding carboxylic acids is 3. The van der Waals surface area contributed by atoms with Crippen LogP contribution in [0.4, 0.5) is 13.2 Å². The number of H-pyrrole nitrogens is 1. The van der Waals surface area contributed by atoms with E-state index in [-0.39, 0.29) is 5.56 Å². The first-order chi connectivity index (χ1) is 17.3. The van der Waals surface area contributed by atoms with E-state index in [0.29, 0.717) is 12.6 Å². The molecular formula is C26H30F3N5O3. The minimum absolute atomic E-state index is 0.248. The van der Waals surface area contributed by atoms with E-state index in [4.69, 9.17) is 5.73 Å². The Kier molecular flexibility index (Phi) is 8.27. The summed E-state index contributed by atoms with van der Waals surface area (Å²) in [5.74, 6) is -2.35. The van der Waals surface area contributed by atoms with Crippen LogP contribution in [0.1, 0.15) is 42.3 Å². The number of amides is 3. The van der Waals surface area contributed by atoms with Gasteiger partial charge in [-0.25, -0.2) is 0 Å². The van der Waals surface area contributed by atoms with E-state index in [9.17, 15) is 27.6 Å². The van der Waals surface area contributed by atoms with Gasteiger partial charge in [0, 0.05) is 35.2 Å². The van der Waals surface area contributed by atoms with Crippen LogP contribution in [0.25, 0.3) is 10.9 Å². The van der Waals surface area contributed by atoms with E-state index in [1.165, 1.54) is 6.07 Å². The van der Waals surface area contributed by atoms with Gasteiger partial charge in [-0.15, -0.1) is 0 Å². The highest BCUT2D eigenvalue weighted by atomic mass is 19.4. The summed E-state index contributed by atoms with van der Waals surface area (Å²) < 4.78 is 38.8. The van der Waals surface area contributed by atoms with Crippen LogP contribution >= 0.6 is 0 Å². The van der Waals surface area contributed by atoms with Gasteiger partial charge >= 0.3 is 6.18 Å². The van der Waals surface area contributed by atoms with Gasteiger partial charge < -0.3 is 26.7 Å². The Morgan fingerprint density at radius 1 is 1.03 bits per heavy atom. The summed E-state index contributed by atoms with van der Waals surface area (Å²) in [5.41, 5.74) is 5.82. The number of hydrogen-bond donors (Lipinski definition) is 5. The molecular weight excluding hydrogens is 487 g/mol. The zero-order chi connectivity index (χ0) is 27.4. The molecule has 198 valence electrons. The summed E-state index contributed by atoms with van der Waals surface area (Å²) in [4.78, 5) is 40.5. The molecule has 6 N–H and O–H groups in total. The number of benzene rings is 2. The van der Waals surface area contributed by atoms with Crippen LogP contribution in [0, 0.1) is 5.41 Å². The third-order valence-corrected chi connectivity index (χ3v) is 5.94. The summed E-state index contributed by atoms with van der Waals surface area (Å²) in [7, 11) is 0. The number of aromatic nitrogens is 1. The van der Waals surface area contributed by atoms with Crippen molar-refractivity contribution in [3.8, 4) is 0 Å². The SMILES string of the molecule is CC(C)(C)C(NCc1c[nH]c2ccccc12)C(NC(=O)CNC(=O)c1cccc(C(F)(F)F)c1)C(N)=O. The van der Waals surface area contributed by atoms with E-state index in [1.54, 1.807) is 0 Å². The maximum absolute atomic E-state index is 12.9. The minimum atomic E-state index is -4.61.